The number of halogens is 2. The van der Waals surface area contributed by atoms with E-state index in [1.54, 1.807) is 0 Å². The summed E-state index contributed by atoms with van der Waals surface area (Å²) in [6.07, 6.45) is 0.686. The number of fused-ring (bicyclic) bond motifs is 1. The second-order valence-corrected chi connectivity index (χ2v) is 4.22. The highest BCUT2D eigenvalue weighted by Crippen LogP contribution is 2.66. The number of carboxylic acid groups (broad SMARTS) is 1. The van der Waals surface area contributed by atoms with Gasteiger partial charge in [0, 0.05) is 11.8 Å². The third-order valence-electron chi connectivity index (χ3n) is 3.46. The van der Waals surface area contributed by atoms with E-state index in [-0.39, 0.29) is 18.8 Å². The van der Waals surface area contributed by atoms with E-state index in [9.17, 15) is 18.4 Å². The van der Waals surface area contributed by atoms with Crippen LogP contribution in [0.2, 0.25) is 0 Å². The molecule has 2 aliphatic carbocycles. The molecule has 3 atom stereocenters. The van der Waals surface area contributed by atoms with Gasteiger partial charge in [-0.05, 0) is 18.8 Å². The maximum atomic E-state index is 12.8. The van der Waals surface area contributed by atoms with Crippen molar-refractivity contribution in [1.82, 2.24) is 5.32 Å². The Hall–Kier alpha value is -1.20. The summed E-state index contributed by atoms with van der Waals surface area (Å²) in [7, 11) is 0. The normalized spacial score (nSPS) is 33.8. The molecule has 0 aliphatic heterocycles. The molecule has 17 heavy (non-hydrogen) atoms. The molecule has 1 amide bonds. The van der Waals surface area contributed by atoms with Crippen molar-refractivity contribution in [3.05, 3.63) is 0 Å². The van der Waals surface area contributed by atoms with Crippen LogP contribution in [0.1, 0.15) is 26.7 Å². The number of hydrogen-bond acceptors (Lipinski definition) is 2. The zero-order valence-corrected chi connectivity index (χ0v) is 9.82. The topological polar surface area (TPSA) is 66.4 Å². The number of carboxylic acids is 1. The molecule has 2 saturated carbocycles. The summed E-state index contributed by atoms with van der Waals surface area (Å²) >= 11 is 0. The minimum Gasteiger partial charge on any atom is -0.480 e. The van der Waals surface area contributed by atoms with E-state index in [4.69, 9.17) is 5.11 Å². The van der Waals surface area contributed by atoms with Gasteiger partial charge in [-0.15, -0.1) is 0 Å². The van der Waals surface area contributed by atoms with Gasteiger partial charge in [-0.25, -0.2) is 13.6 Å². The smallest absolute Gasteiger partial charge is 0.326 e. The predicted molar refractivity (Wildman–Crippen MR) is 56.6 cm³/mol. The number of alkyl halides is 2. The second kappa shape index (κ2) is 4.98. The van der Waals surface area contributed by atoms with Gasteiger partial charge in [-0.3, -0.25) is 4.79 Å². The number of rotatable bonds is 4. The quantitative estimate of drug-likeness (QED) is 0.742. The Balaban J connectivity index is 0.000000686. The fourth-order valence-electron chi connectivity index (χ4n) is 2.61. The largest absolute Gasteiger partial charge is 0.480 e. The first-order valence-corrected chi connectivity index (χ1v) is 5.78. The highest BCUT2D eigenvalue weighted by molar-refractivity contribution is 5.76. The van der Waals surface area contributed by atoms with E-state index in [1.165, 1.54) is 0 Å². The van der Waals surface area contributed by atoms with Crippen LogP contribution >= 0.6 is 0 Å². The monoisotopic (exact) mass is 249 g/mol. The zero-order chi connectivity index (χ0) is 13.2. The minimum atomic E-state index is -2.60. The third-order valence-corrected chi connectivity index (χ3v) is 3.46. The van der Waals surface area contributed by atoms with Crippen LogP contribution in [0.25, 0.3) is 0 Å². The Morgan fingerprint density at radius 1 is 1.41 bits per heavy atom. The molecular weight excluding hydrogens is 232 g/mol. The predicted octanol–water partition coefficient (Wildman–Crippen LogP) is 1.50. The van der Waals surface area contributed by atoms with Crippen LogP contribution in [0.5, 0.6) is 0 Å². The average molecular weight is 249 g/mol. The Labute approximate surface area is 98.4 Å². The number of amides is 1. The minimum absolute atomic E-state index is 0.190. The molecule has 2 aliphatic rings. The van der Waals surface area contributed by atoms with Crippen LogP contribution < -0.4 is 5.32 Å². The van der Waals surface area contributed by atoms with Gasteiger partial charge in [-0.1, -0.05) is 13.8 Å². The lowest BCUT2D eigenvalue weighted by Gasteiger charge is -2.20. The molecular formula is C11H17F2NO3. The van der Waals surface area contributed by atoms with E-state index < -0.39 is 29.8 Å². The summed E-state index contributed by atoms with van der Waals surface area (Å²) in [5.74, 6) is -5.45. The molecule has 0 heterocycles. The van der Waals surface area contributed by atoms with Gasteiger partial charge in [0.05, 0.1) is 0 Å². The average Bonchev–Trinajstić information content (AvgIpc) is 2.71. The van der Waals surface area contributed by atoms with Crippen LogP contribution in [-0.4, -0.2) is 29.5 Å². The van der Waals surface area contributed by atoms with Gasteiger partial charge < -0.3 is 10.4 Å². The van der Waals surface area contributed by atoms with Gasteiger partial charge in [0.15, 0.2) is 0 Å². The van der Waals surface area contributed by atoms with E-state index in [2.05, 4.69) is 5.32 Å². The van der Waals surface area contributed by atoms with Crippen molar-refractivity contribution in [2.45, 2.75) is 38.7 Å². The standard InChI is InChI=1S/C9H11F2NO3.C2H6/c10-9(11)5-1-4(2-6(5)9)7(8(14)15)12-3-13;1-2/h3-7H,1-2H2,(H,12,13)(H,14,15);1-2H3. The lowest BCUT2D eigenvalue weighted by Crippen LogP contribution is -2.42. The van der Waals surface area contributed by atoms with E-state index >= 15 is 0 Å². The summed E-state index contributed by atoms with van der Waals surface area (Å²) in [6, 6.07) is -1.02. The van der Waals surface area contributed by atoms with Crippen molar-refractivity contribution < 1.29 is 23.5 Å². The highest BCUT2D eigenvalue weighted by Gasteiger charge is 2.72. The highest BCUT2D eigenvalue weighted by atomic mass is 19.3. The number of carbonyl (C=O) groups excluding carboxylic acids is 1. The zero-order valence-electron chi connectivity index (χ0n) is 9.82. The second-order valence-electron chi connectivity index (χ2n) is 4.22. The van der Waals surface area contributed by atoms with Crippen molar-refractivity contribution in [2.24, 2.45) is 17.8 Å². The maximum absolute atomic E-state index is 12.8. The molecule has 2 fully saturated rings. The SMILES string of the molecule is CC.O=CNC(C(=O)O)C1CC2C(C1)C2(F)F. The first kappa shape index (κ1) is 13.9. The van der Waals surface area contributed by atoms with Crippen LogP contribution in [0, 0.1) is 17.8 Å². The molecule has 4 nitrogen and oxygen atoms in total. The third kappa shape index (κ3) is 2.40. The number of nitrogens with one attached hydrogen (secondary N) is 1. The van der Waals surface area contributed by atoms with E-state index in [0.29, 0.717) is 6.41 Å². The molecule has 98 valence electrons. The molecule has 0 saturated heterocycles. The van der Waals surface area contributed by atoms with Crippen LogP contribution in [-0.2, 0) is 9.59 Å². The van der Waals surface area contributed by atoms with Crippen molar-refractivity contribution in [3.8, 4) is 0 Å². The molecule has 0 aromatic heterocycles. The van der Waals surface area contributed by atoms with Crippen molar-refractivity contribution >= 4 is 12.4 Å². The Kier molecular flexibility index (Phi) is 4.06. The summed E-state index contributed by atoms with van der Waals surface area (Å²) < 4.78 is 25.7. The fraction of sp³-hybridized carbons (Fsp3) is 0.818. The summed E-state index contributed by atoms with van der Waals surface area (Å²) in [4.78, 5) is 20.9. The maximum Gasteiger partial charge on any atom is 0.326 e. The van der Waals surface area contributed by atoms with Crippen LogP contribution in [0.15, 0.2) is 0 Å². The van der Waals surface area contributed by atoms with Gasteiger partial charge in [0.1, 0.15) is 6.04 Å². The number of hydrogen-bond donors (Lipinski definition) is 2. The molecule has 0 aromatic carbocycles. The van der Waals surface area contributed by atoms with Crippen LogP contribution in [0.4, 0.5) is 8.78 Å². The van der Waals surface area contributed by atoms with Crippen molar-refractivity contribution in [1.29, 1.82) is 0 Å². The fourth-order valence-corrected chi connectivity index (χ4v) is 2.61. The van der Waals surface area contributed by atoms with E-state index in [0.717, 1.165) is 0 Å². The van der Waals surface area contributed by atoms with Gasteiger partial charge in [-0.2, -0.15) is 0 Å². The molecule has 0 aromatic rings. The molecule has 0 bridgehead atoms. The van der Waals surface area contributed by atoms with Crippen molar-refractivity contribution in [3.63, 3.8) is 0 Å². The Morgan fingerprint density at radius 2 is 1.88 bits per heavy atom. The molecule has 2 N–H and O–H groups in total. The first-order chi connectivity index (χ1) is 7.98. The summed E-state index contributed by atoms with van der Waals surface area (Å²) in [5, 5.41) is 11.0. The number of carbonyl (C=O) groups is 2. The van der Waals surface area contributed by atoms with Gasteiger partial charge >= 0.3 is 5.97 Å². The van der Waals surface area contributed by atoms with Crippen molar-refractivity contribution in [2.75, 3.05) is 0 Å². The van der Waals surface area contributed by atoms with Gasteiger partial charge in [0.25, 0.3) is 5.92 Å². The lowest BCUT2D eigenvalue weighted by molar-refractivity contribution is -0.142. The Bertz CT molecular complexity index is 295. The number of aliphatic carboxylic acids is 1. The summed E-state index contributed by atoms with van der Waals surface area (Å²) in [5.41, 5.74) is 0. The summed E-state index contributed by atoms with van der Waals surface area (Å²) in [6.45, 7) is 4.00. The molecule has 2 rings (SSSR count). The van der Waals surface area contributed by atoms with E-state index in [1.807, 2.05) is 13.8 Å². The lowest BCUT2D eigenvalue weighted by atomic mass is 9.94. The molecule has 0 radical (unpaired) electrons. The first-order valence-electron chi connectivity index (χ1n) is 5.78. The molecule has 0 spiro atoms. The molecule has 6 heteroatoms. The Morgan fingerprint density at radius 3 is 2.24 bits per heavy atom. The van der Waals surface area contributed by atoms with Gasteiger partial charge in [0.2, 0.25) is 6.41 Å². The molecule has 3 unspecified atom stereocenters. The van der Waals surface area contributed by atoms with Crippen LogP contribution in [0.3, 0.4) is 0 Å².